The zero-order valence-corrected chi connectivity index (χ0v) is 18.6. The van der Waals surface area contributed by atoms with Crippen molar-refractivity contribution in [2.75, 3.05) is 20.2 Å². The lowest BCUT2D eigenvalue weighted by Gasteiger charge is -2.26. The van der Waals surface area contributed by atoms with Crippen molar-refractivity contribution in [1.29, 1.82) is 0 Å². The molecule has 0 spiro atoms. The van der Waals surface area contributed by atoms with Crippen LogP contribution in [0, 0.1) is 6.92 Å². The molecular weight excluding hydrogens is 384 g/mol. The van der Waals surface area contributed by atoms with Crippen LogP contribution in [0.5, 0.6) is 5.75 Å². The number of hydrogen-bond acceptors (Lipinski definition) is 3. The van der Waals surface area contributed by atoms with E-state index in [1.165, 1.54) is 5.56 Å². The van der Waals surface area contributed by atoms with Crippen LogP contribution in [0.4, 0.5) is 0 Å². The normalized spacial score (nSPS) is 12.5. The van der Waals surface area contributed by atoms with Gasteiger partial charge in [-0.25, -0.2) is 0 Å². The molecule has 3 aromatic rings. The molecule has 2 aromatic carbocycles. The summed E-state index contributed by atoms with van der Waals surface area (Å²) in [6.45, 7) is 10.7. The van der Waals surface area contributed by atoms with Gasteiger partial charge in [-0.3, -0.25) is 9.36 Å². The lowest BCUT2D eigenvalue weighted by molar-refractivity contribution is 0.0962. The van der Waals surface area contributed by atoms with Crippen molar-refractivity contribution < 1.29 is 9.53 Å². The largest absolute Gasteiger partial charge is 0.497 e. The van der Waals surface area contributed by atoms with Gasteiger partial charge in [0, 0.05) is 27.7 Å². The Bertz CT molecular complexity index is 1000. The zero-order chi connectivity index (χ0) is 21.1. The molecule has 0 aliphatic carbocycles. The fourth-order valence-corrected chi connectivity index (χ4v) is 4.23. The number of rotatable bonds is 7. The van der Waals surface area contributed by atoms with Crippen LogP contribution in [0.1, 0.15) is 42.4 Å². The van der Waals surface area contributed by atoms with Gasteiger partial charge in [-0.05, 0) is 81.4 Å². The third-order valence-corrected chi connectivity index (χ3v) is 6.02. The Balaban J connectivity index is 2.14. The molecule has 0 aliphatic rings. The third kappa shape index (κ3) is 4.19. The highest BCUT2D eigenvalue weighted by Gasteiger charge is 2.22. The number of fused-ring (bicyclic) bond motifs is 1. The molecule has 0 amide bonds. The van der Waals surface area contributed by atoms with Crippen molar-refractivity contribution in [2.24, 2.45) is 0 Å². The van der Waals surface area contributed by atoms with E-state index in [-0.39, 0.29) is 5.91 Å². The molecule has 0 saturated heterocycles. The lowest BCUT2D eigenvalue weighted by Crippen LogP contribution is -2.34. The van der Waals surface area contributed by atoms with Crippen LogP contribution in [-0.4, -0.2) is 41.6 Å². The van der Waals surface area contributed by atoms with E-state index in [1.807, 2.05) is 29.7 Å². The summed E-state index contributed by atoms with van der Waals surface area (Å²) in [5.41, 5.74) is 3.70. The summed E-state index contributed by atoms with van der Waals surface area (Å²) in [5, 5.41) is 1.69. The van der Waals surface area contributed by atoms with E-state index >= 15 is 0 Å². The summed E-state index contributed by atoms with van der Waals surface area (Å²) in [4.78, 5) is 15.8. The Kier molecular flexibility index (Phi) is 6.66. The van der Waals surface area contributed by atoms with Gasteiger partial charge in [-0.1, -0.05) is 25.4 Å². The maximum atomic E-state index is 13.4. The lowest BCUT2D eigenvalue weighted by atomic mass is 10.0. The van der Waals surface area contributed by atoms with Crippen LogP contribution in [-0.2, 0) is 6.42 Å². The number of hydrogen-bond donors (Lipinski definition) is 0. The second-order valence-corrected chi connectivity index (χ2v) is 7.81. The van der Waals surface area contributed by atoms with Gasteiger partial charge in [0.15, 0.2) is 0 Å². The monoisotopic (exact) mass is 412 g/mol. The van der Waals surface area contributed by atoms with Crippen molar-refractivity contribution in [1.82, 2.24) is 9.47 Å². The summed E-state index contributed by atoms with van der Waals surface area (Å²) in [7, 11) is 1.67. The maximum absolute atomic E-state index is 13.4. The number of carbonyl (C=O) groups excluding carboxylic acids is 1. The van der Waals surface area contributed by atoms with Gasteiger partial charge in [0.25, 0.3) is 5.91 Å². The number of halogens is 1. The Labute approximate surface area is 178 Å². The van der Waals surface area contributed by atoms with E-state index < -0.39 is 0 Å². The van der Waals surface area contributed by atoms with Gasteiger partial charge < -0.3 is 9.64 Å². The van der Waals surface area contributed by atoms with Gasteiger partial charge in [-0.15, -0.1) is 0 Å². The van der Waals surface area contributed by atoms with E-state index in [4.69, 9.17) is 16.3 Å². The SMILES string of the molecule is CCN(CC)C(C)Cc1c(C)n(C(=O)c2ccc(Cl)cc2)c2ccc(OC)cc12. The first-order valence-electron chi connectivity index (χ1n) is 10.1. The number of nitrogens with zero attached hydrogens (tertiary/aromatic N) is 2. The van der Waals surface area contributed by atoms with Crippen molar-refractivity contribution in [2.45, 2.75) is 40.2 Å². The molecule has 1 heterocycles. The van der Waals surface area contributed by atoms with Gasteiger partial charge in [0.1, 0.15) is 5.75 Å². The Morgan fingerprint density at radius 2 is 1.79 bits per heavy atom. The Hall–Kier alpha value is -2.30. The van der Waals surface area contributed by atoms with Crippen LogP contribution in [0.25, 0.3) is 10.9 Å². The number of ether oxygens (including phenoxy) is 1. The van der Waals surface area contributed by atoms with Crippen LogP contribution in [0.15, 0.2) is 42.5 Å². The summed E-state index contributed by atoms with van der Waals surface area (Å²) in [5.74, 6) is 0.751. The molecule has 1 aromatic heterocycles. The third-order valence-electron chi connectivity index (χ3n) is 5.77. The van der Waals surface area contributed by atoms with Crippen LogP contribution in [0.3, 0.4) is 0 Å². The second-order valence-electron chi connectivity index (χ2n) is 7.37. The smallest absolute Gasteiger partial charge is 0.262 e. The number of carbonyl (C=O) groups is 1. The zero-order valence-electron chi connectivity index (χ0n) is 17.8. The molecule has 0 saturated carbocycles. The summed E-state index contributed by atoms with van der Waals surface area (Å²) < 4.78 is 7.28. The topological polar surface area (TPSA) is 34.5 Å². The van der Waals surface area contributed by atoms with Gasteiger partial charge >= 0.3 is 0 Å². The predicted molar refractivity (Wildman–Crippen MR) is 120 cm³/mol. The minimum atomic E-state index is -0.0453. The minimum absolute atomic E-state index is 0.0453. The molecule has 0 aliphatic heterocycles. The van der Waals surface area contributed by atoms with Gasteiger partial charge in [-0.2, -0.15) is 0 Å². The Morgan fingerprint density at radius 3 is 2.38 bits per heavy atom. The molecule has 1 atom stereocenters. The molecule has 0 fully saturated rings. The second kappa shape index (κ2) is 9.02. The molecule has 0 bridgehead atoms. The molecule has 0 radical (unpaired) electrons. The van der Waals surface area contributed by atoms with Crippen molar-refractivity contribution >= 4 is 28.4 Å². The highest BCUT2D eigenvalue weighted by atomic mass is 35.5. The summed E-state index contributed by atoms with van der Waals surface area (Å²) in [6.07, 6.45) is 0.873. The molecule has 3 rings (SSSR count). The molecule has 154 valence electrons. The Morgan fingerprint density at radius 1 is 1.14 bits per heavy atom. The van der Waals surface area contributed by atoms with Crippen LogP contribution >= 0.6 is 11.6 Å². The molecule has 0 N–H and O–H groups in total. The molecule has 4 nitrogen and oxygen atoms in total. The fraction of sp³-hybridized carbons (Fsp3) is 0.375. The van der Waals surface area contributed by atoms with E-state index in [1.54, 1.807) is 31.4 Å². The van der Waals surface area contributed by atoms with Crippen LogP contribution < -0.4 is 4.74 Å². The van der Waals surface area contributed by atoms with E-state index in [9.17, 15) is 4.79 Å². The average molecular weight is 413 g/mol. The van der Waals surface area contributed by atoms with Crippen molar-refractivity contribution in [3.63, 3.8) is 0 Å². The first kappa shape index (κ1) is 21.4. The fourth-order valence-electron chi connectivity index (χ4n) is 4.10. The van der Waals surface area contributed by atoms with Crippen molar-refractivity contribution in [3.8, 4) is 5.75 Å². The highest BCUT2D eigenvalue weighted by Crippen LogP contribution is 2.31. The van der Waals surface area contributed by atoms with Crippen LogP contribution in [0.2, 0.25) is 5.02 Å². The summed E-state index contributed by atoms with van der Waals surface area (Å²) in [6, 6.07) is 13.4. The molecule has 1 unspecified atom stereocenters. The minimum Gasteiger partial charge on any atom is -0.497 e. The number of likely N-dealkylation sites (N-methyl/N-ethyl adjacent to an activating group) is 1. The highest BCUT2D eigenvalue weighted by molar-refractivity contribution is 6.30. The number of methoxy groups -OCH3 is 1. The van der Waals surface area contributed by atoms with E-state index in [2.05, 4.69) is 25.7 Å². The van der Waals surface area contributed by atoms with E-state index in [0.717, 1.165) is 41.9 Å². The first-order chi connectivity index (χ1) is 13.9. The number of benzene rings is 2. The average Bonchev–Trinajstić information content (AvgIpc) is 2.99. The molecular formula is C24H29ClN2O2. The predicted octanol–water partition coefficient (Wildman–Crippen LogP) is 5.57. The first-order valence-corrected chi connectivity index (χ1v) is 10.5. The standard InChI is InChI=1S/C24H29ClN2O2/c1-6-26(7-2)16(3)14-21-17(4)27(23-13-12-20(29-5)15-22(21)23)24(28)18-8-10-19(25)11-9-18/h8-13,15-16H,6-7,14H2,1-5H3. The van der Waals surface area contributed by atoms with Gasteiger partial charge in [0.05, 0.1) is 12.6 Å². The quantitative estimate of drug-likeness (QED) is 0.508. The molecule has 5 heteroatoms. The number of aromatic nitrogens is 1. The van der Waals surface area contributed by atoms with Gasteiger partial charge in [0.2, 0.25) is 0 Å². The maximum Gasteiger partial charge on any atom is 0.262 e. The van der Waals surface area contributed by atoms with E-state index in [0.29, 0.717) is 16.6 Å². The molecule has 29 heavy (non-hydrogen) atoms. The van der Waals surface area contributed by atoms with Crippen molar-refractivity contribution in [3.05, 3.63) is 64.3 Å². The summed E-state index contributed by atoms with van der Waals surface area (Å²) >= 11 is 6.00.